The van der Waals surface area contributed by atoms with Crippen LogP contribution in [0.2, 0.25) is 0 Å². The molecule has 1 unspecified atom stereocenters. The van der Waals surface area contributed by atoms with Crippen molar-refractivity contribution < 1.29 is 4.79 Å². The van der Waals surface area contributed by atoms with E-state index in [1.54, 1.807) is 30.5 Å². The van der Waals surface area contributed by atoms with Gasteiger partial charge in [0.05, 0.1) is 5.39 Å². The Morgan fingerprint density at radius 2 is 2.12 bits per heavy atom. The first kappa shape index (κ1) is 17.0. The van der Waals surface area contributed by atoms with E-state index in [1.807, 2.05) is 12.1 Å². The Balaban J connectivity index is 1.76. The molecular weight excluding hydrogens is 346 g/mol. The molecule has 2 heterocycles. The number of nitrogens with one attached hydrogen (secondary N) is 2. The van der Waals surface area contributed by atoms with E-state index in [9.17, 15) is 9.59 Å². The third-order valence-electron chi connectivity index (χ3n) is 5.25. The average molecular weight is 367 g/mol. The first-order valence-corrected chi connectivity index (χ1v) is 9.79. The molecule has 134 valence electrons. The van der Waals surface area contributed by atoms with Crippen molar-refractivity contribution in [2.75, 3.05) is 7.05 Å². The Morgan fingerprint density at radius 1 is 1.35 bits per heavy atom. The summed E-state index contributed by atoms with van der Waals surface area (Å²) in [5, 5.41) is 3.37. The normalized spacial score (nSPS) is 16.5. The van der Waals surface area contributed by atoms with Gasteiger partial charge >= 0.3 is 0 Å². The number of H-pyrrole nitrogens is 1. The standard InChI is InChI=1S/C20H21N3O2S/c1-3-11-4-9-14-15(10-11)26-20-16(14)19(25)22-17(23-20)12-5-7-13(8-6-12)18(24)21-2/h5-8,11H,3-4,9-10H2,1-2H3,(H,21,24)(H,22,23,25). The lowest BCUT2D eigenvalue weighted by molar-refractivity contribution is 0.0963. The summed E-state index contributed by atoms with van der Waals surface area (Å²) in [6, 6.07) is 7.11. The summed E-state index contributed by atoms with van der Waals surface area (Å²) in [7, 11) is 1.60. The van der Waals surface area contributed by atoms with Crippen molar-refractivity contribution >= 4 is 27.5 Å². The molecule has 0 saturated carbocycles. The minimum Gasteiger partial charge on any atom is -0.355 e. The molecule has 3 aromatic rings. The van der Waals surface area contributed by atoms with Gasteiger partial charge in [-0.3, -0.25) is 9.59 Å². The lowest BCUT2D eigenvalue weighted by Gasteiger charge is -2.20. The van der Waals surface area contributed by atoms with Crippen molar-refractivity contribution in [1.82, 2.24) is 15.3 Å². The summed E-state index contributed by atoms with van der Waals surface area (Å²) in [5.74, 6) is 1.13. The molecule has 0 aliphatic heterocycles. The molecule has 0 bridgehead atoms. The van der Waals surface area contributed by atoms with Gasteiger partial charge in [-0.25, -0.2) is 4.98 Å². The van der Waals surface area contributed by atoms with Gasteiger partial charge in [-0.15, -0.1) is 11.3 Å². The van der Waals surface area contributed by atoms with Crippen LogP contribution in [-0.4, -0.2) is 22.9 Å². The number of rotatable bonds is 3. The number of benzene rings is 1. The summed E-state index contributed by atoms with van der Waals surface area (Å²) in [5.41, 5.74) is 2.52. The molecule has 0 radical (unpaired) electrons. The Kier molecular flexibility index (Phi) is 4.36. The van der Waals surface area contributed by atoms with Crippen LogP contribution in [0.25, 0.3) is 21.6 Å². The number of thiophene rings is 1. The van der Waals surface area contributed by atoms with Crippen molar-refractivity contribution in [2.24, 2.45) is 5.92 Å². The fourth-order valence-corrected chi connectivity index (χ4v) is 5.00. The van der Waals surface area contributed by atoms with Crippen LogP contribution < -0.4 is 10.9 Å². The molecule has 5 nitrogen and oxygen atoms in total. The molecule has 2 aromatic heterocycles. The van der Waals surface area contributed by atoms with Crippen molar-refractivity contribution in [3.8, 4) is 11.4 Å². The smallest absolute Gasteiger partial charge is 0.260 e. The van der Waals surface area contributed by atoms with Crippen LogP contribution in [0.1, 0.15) is 40.6 Å². The summed E-state index contributed by atoms with van der Waals surface area (Å²) < 4.78 is 0. The first-order chi connectivity index (χ1) is 12.6. The lowest BCUT2D eigenvalue weighted by Crippen LogP contribution is -2.17. The highest BCUT2D eigenvalue weighted by molar-refractivity contribution is 7.18. The number of carbonyl (C=O) groups is 1. The number of amides is 1. The maximum atomic E-state index is 12.7. The highest BCUT2D eigenvalue weighted by Crippen LogP contribution is 2.37. The van der Waals surface area contributed by atoms with E-state index in [0.29, 0.717) is 17.3 Å². The molecule has 1 amide bonds. The van der Waals surface area contributed by atoms with Crippen molar-refractivity contribution in [3.05, 3.63) is 50.6 Å². The molecule has 0 spiro atoms. The molecular formula is C20H21N3O2S. The second-order valence-electron chi connectivity index (χ2n) is 6.77. The largest absolute Gasteiger partial charge is 0.355 e. The molecule has 1 aliphatic rings. The number of fused-ring (bicyclic) bond motifs is 3. The van der Waals surface area contributed by atoms with Gasteiger partial charge in [0.2, 0.25) is 0 Å². The van der Waals surface area contributed by atoms with Gasteiger partial charge in [0, 0.05) is 23.1 Å². The third-order valence-corrected chi connectivity index (χ3v) is 6.39. The summed E-state index contributed by atoms with van der Waals surface area (Å²) in [6.45, 7) is 2.23. The second-order valence-corrected chi connectivity index (χ2v) is 7.86. The number of nitrogens with zero attached hydrogens (tertiary/aromatic N) is 1. The van der Waals surface area contributed by atoms with E-state index in [0.717, 1.165) is 35.0 Å². The van der Waals surface area contributed by atoms with Gasteiger partial charge in [0.25, 0.3) is 11.5 Å². The van der Waals surface area contributed by atoms with Crippen LogP contribution in [0.15, 0.2) is 29.1 Å². The quantitative estimate of drug-likeness (QED) is 0.744. The Hall–Kier alpha value is -2.47. The zero-order valence-corrected chi connectivity index (χ0v) is 15.7. The van der Waals surface area contributed by atoms with E-state index in [2.05, 4.69) is 17.2 Å². The average Bonchev–Trinajstić information content (AvgIpc) is 3.05. The van der Waals surface area contributed by atoms with Gasteiger partial charge in [-0.1, -0.05) is 25.5 Å². The molecule has 1 atom stereocenters. The summed E-state index contributed by atoms with van der Waals surface area (Å²) in [6.07, 6.45) is 4.36. The molecule has 0 saturated heterocycles. The Morgan fingerprint density at radius 3 is 2.81 bits per heavy atom. The summed E-state index contributed by atoms with van der Waals surface area (Å²) in [4.78, 5) is 34.2. The Labute approximate surface area is 155 Å². The fraction of sp³-hybridized carbons (Fsp3) is 0.350. The highest BCUT2D eigenvalue weighted by Gasteiger charge is 2.24. The molecule has 26 heavy (non-hydrogen) atoms. The van der Waals surface area contributed by atoms with Crippen molar-refractivity contribution in [2.45, 2.75) is 32.6 Å². The molecule has 1 aromatic carbocycles. The van der Waals surface area contributed by atoms with E-state index in [4.69, 9.17) is 4.98 Å². The van der Waals surface area contributed by atoms with Crippen molar-refractivity contribution in [1.29, 1.82) is 0 Å². The van der Waals surface area contributed by atoms with Crippen LogP contribution in [0, 0.1) is 5.92 Å². The molecule has 0 fully saturated rings. The molecule has 6 heteroatoms. The number of carbonyl (C=O) groups excluding carboxylic acids is 1. The van der Waals surface area contributed by atoms with Gasteiger partial charge in [0.15, 0.2) is 0 Å². The van der Waals surface area contributed by atoms with Gasteiger partial charge in [0.1, 0.15) is 10.7 Å². The maximum Gasteiger partial charge on any atom is 0.260 e. The van der Waals surface area contributed by atoms with Crippen LogP contribution in [0.3, 0.4) is 0 Å². The zero-order valence-electron chi connectivity index (χ0n) is 14.9. The topological polar surface area (TPSA) is 74.8 Å². The minimum absolute atomic E-state index is 0.0622. The lowest BCUT2D eigenvalue weighted by atomic mass is 9.86. The number of hydrogen-bond acceptors (Lipinski definition) is 4. The second kappa shape index (κ2) is 6.68. The number of aryl methyl sites for hydroxylation is 1. The van der Waals surface area contributed by atoms with Crippen LogP contribution in [-0.2, 0) is 12.8 Å². The Bertz CT molecular complexity index is 1030. The first-order valence-electron chi connectivity index (χ1n) is 8.97. The van der Waals surface area contributed by atoms with E-state index < -0.39 is 0 Å². The van der Waals surface area contributed by atoms with E-state index in [-0.39, 0.29) is 11.5 Å². The van der Waals surface area contributed by atoms with Gasteiger partial charge in [-0.2, -0.15) is 0 Å². The third kappa shape index (κ3) is 2.84. The number of aromatic amines is 1. The SMILES string of the molecule is CCC1CCc2c(sc3nc(-c4ccc(C(=O)NC)cc4)[nH]c(=O)c23)C1. The van der Waals surface area contributed by atoms with Crippen molar-refractivity contribution in [3.63, 3.8) is 0 Å². The maximum absolute atomic E-state index is 12.7. The van der Waals surface area contributed by atoms with Gasteiger partial charge < -0.3 is 10.3 Å². The number of hydrogen-bond donors (Lipinski definition) is 2. The predicted molar refractivity (Wildman–Crippen MR) is 105 cm³/mol. The monoisotopic (exact) mass is 367 g/mol. The van der Waals surface area contributed by atoms with Crippen LogP contribution in [0.5, 0.6) is 0 Å². The predicted octanol–water partition coefficient (Wildman–Crippen LogP) is 3.53. The molecule has 1 aliphatic carbocycles. The summed E-state index contributed by atoms with van der Waals surface area (Å²) >= 11 is 1.66. The van der Waals surface area contributed by atoms with Gasteiger partial charge in [-0.05, 0) is 42.9 Å². The van der Waals surface area contributed by atoms with Crippen LogP contribution in [0.4, 0.5) is 0 Å². The minimum atomic E-state index is -0.134. The molecule has 4 rings (SSSR count). The van der Waals surface area contributed by atoms with E-state index >= 15 is 0 Å². The highest BCUT2D eigenvalue weighted by atomic mass is 32.1. The fourth-order valence-electron chi connectivity index (χ4n) is 3.66. The van der Waals surface area contributed by atoms with Crippen LogP contribution >= 0.6 is 11.3 Å². The molecule has 2 N–H and O–H groups in total. The van der Waals surface area contributed by atoms with E-state index in [1.165, 1.54) is 16.9 Å². The zero-order chi connectivity index (χ0) is 18.3. The number of aromatic nitrogens is 2.